The summed E-state index contributed by atoms with van der Waals surface area (Å²) in [5, 5.41) is 8.34. The molecule has 7 nitrogen and oxygen atoms in total. The number of anilines is 1. The van der Waals surface area contributed by atoms with E-state index in [0.717, 1.165) is 30.9 Å². The number of amides is 1. The molecule has 0 radical (unpaired) electrons. The van der Waals surface area contributed by atoms with Crippen molar-refractivity contribution >= 4 is 11.7 Å². The van der Waals surface area contributed by atoms with E-state index in [2.05, 4.69) is 20.1 Å². The third-order valence-electron chi connectivity index (χ3n) is 4.32. The van der Waals surface area contributed by atoms with E-state index in [-0.39, 0.29) is 11.9 Å². The number of piperidine rings is 1. The van der Waals surface area contributed by atoms with Crippen LogP contribution in [0.4, 0.5) is 5.82 Å². The third-order valence-corrected chi connectivity index (χ3v) is 4.32. The Labute approximate surface area is 135 Å². The molecule has 1 aliphatic rings. The van der Waals surface area contributed by atoms with Crippen LogP contribution in [0.15, 0.2) is 22.9 Å². The number of carbonyl (C=O) groups is 1. The van der Waals surface area contributed by atoms with Crippen molar-refractivity contribution in [3.8, 4) is 0 Å². The Morgan fingerprint density at radius 1 is 1.35 bits per heavy atom. The fourth-order valence-corrected chi connectivity index (χ4v) is 2.87. The van der Waals surface area contributed by atoms with Crippen molar-refractivity contribution in [3.63, 3.8) is 0 Å². The highest BCUT2D eigenvalue weighted by atomic mass is 16.3. The average Bonchev–Trinajstić information content (AvgIpc) is 3.00. The first-order valence-corrected chi connectivity index (χ1v) is 7.79. The van der Waals surface area contributed by atoms with Gasteiger partial charge in [-0.05, 0) is 38.8 Å². The molecule has 0 aromatic carbocycles. The molecule has 0 N–H and O–H groups in total. The molecule has 23 heavy (non-hydrogen) atoms. The van der Waals surface area contributed by atoms with Crippen LogP contribution in [0.25, 0.3) is 0 Å². The van der Waals surface area contributed by atoms with Crippen LogP contribution in [-0.2, 0) is 0 Å². The number of nitrogens with zero attached hydrogens (tertiary/aromatic N) is 5. The lowest BCUT2D eigenvalue weighted by Gasteiger charge is -2.37. The molecule has 0 saturated carbocycles. The lowest BCUT2D eigenvalue weighted by molar-refractivity contribution is 0.0674. The second kappa shape index (κ2) is 6.36. The Balaban J connectivity index is 1.72. The molecule has 2 aromatic heterocycles. The number of aryl methyl sites for hydroxylation is 2. The molecule has 1 saturated heterocycles. The van der Waals surface area contributed by atoms with Crippen LogP contribution in [0.3, 0.4) is 0 Å². The molecule has 1 amide bonds. The minimum atomic E-state index is -0.0897. The first kappa shape index (κ1) is 15.5. The van der Waals surface area contributed by atoms with Crippen molar-refractivity contribution in [1.82, 2.24) is 20.1 Å². The summed E-state index contributed by atoms with van der Waals surface area (Å²) in [6.07, 6.45) is 3.29. The maximum Gasteiger partial charge on any atom is 0.291 e. The maximum atomic E-state index is 12.6. The molecule has 0 aliphatic carbocycles. The van der Waals surface area contributed by atoms with E-state index >= 15 is 0 Å². The zero-order chi connectivity index (χ0) is 16.4. The predicted molar refractivity (Wildman–Crippen MR) is 85.3 cm³/mol. The van der Waals surface area contributed by atoms with Gasteiger partial charge in [-0.15, -0.1) is 5.10 Å². The van der Waals surface area contributed by atoms with Gasteiger partial charge in [0.15, 0.2) is 12.2 Å². The van der Waals surface area contributed by atoms with Gasteiger partial charge in [0.05, 0.1) is 11.4 Å². The largest absolute Gasteiger partial charge is 0.438 e. The fourth-order valence-electron chi connectivity index (χ4n) is 2.87. The van der Waals surface area contributed by atoms with Crippen LogP contribution in [0.5, 0.6) is 0 Å². The third kappa shape index (κ3) is 3.18. The van der Waals surface area contributed by atoms with Crippen molar-refractivity contribution in [1.29, 1.82) is 0 Å². The van der Waals surface area contributed by atoms with Gasteiger partial charge < -0.3 is 14.2 Å². The Bertz CT molecular complexity index is 682. The summed E-state index contributed by atoms with van der Waals surface area (Å²) in [5.41, 5.74) is 1.53. The van der Waals surface area contributed by atoms with E-state index in [9.17, 15) is 4.79 Å². The van der Waals surface area contributed by atoms with E-state index < -0.39 is 0 Å². The van der Waals surface area contributed by atoms with Gasteiger partial charge in [-0.2, -0.15) is 5.10 Å². The van der Waals surface area contributed by atoms with Crippen molar-refractivity contribution in [2.24, 2.45) is 0 Å². The molecular weight excluding hydrogens is 294 g/mol. The number of aromatic nitrogens is 3. The van der Waals surface area contributed by atoms with Gasteiger partial charge in [0.1, 0.15) is 0 Å². The van der Waals surface area contributed by atoms with E-state index in [1.165, 1.54) is 6.39 Å². The number of oxazole rings is 1. The molecular formula is C16H21N5O2. The topological polar surface area (TPSA) is 75.4 Å². The zero-order valence-corrected chi connectivity index (χ0v) is 13.7. The monoisotopic (exact) mass is 315 g/mol. The van der Waals surface area contributed by atoms with Gasteiger partial charge in [-0.3, -0.25) is 4.79 Å². The number of hydrogen-bond donors (Lipinski definition) is 0. The lowest BCUT2D eigenvalue weighted by atomic mass is 10.0. The van der Waals surface area contributed by atoms with Crippen LogP contribution in [0.1, 0.15) is 34.8 Å². The maximum absolute atomic E-state index is 12.6. The SMILES string of the molecule is Cc1ccc(N(C)C2CCCN(C(=O)c3ocnc3C)C2)nn1. The Morgan fingerprint density at radius 3 is 2.83 bits per heavy atom. The summed E-state index contributed by atoms with van der Waals surface area (Å²) in [7, 11) is 2.00. The molecule has 0 spiro atoms. The molecule has 1 unspecified atom stereocenters. The minimum Gasteiger partial charge on any atom is -0.438 e. The summed E-state index contributed by atoms with van der Waals surface area (Å²) in [6, 6.07) is 4.12. The van der Waals surface area contributed by atoms with Gasteiger partial charge in [0, 0.05) is 26.2 Å². The Kier molecular flexibility index (Phi) is 4.27. The molecule has 1 atom stereocenters. The quantitative estimate of drug-likeness (QED) is 0.860. The van der Waals surface area contributed by atoms with Crippen LogP contribution < -0.4 is 4.90 Å². The van der Waals surface area contributed by atoms with Crippen molar-refractivity contribution in [2.45, 2.75) is 32.7 Å². The standard InChI is InChI=1S/C16H21N5O2/c1-11-6-7-14(19-18-11)20(3)13-5-4-8-21(9-13)16(22)15-12(2)17-10-23-15/h6-7,10,13H,4-5,8-9H2,1-3H3. The number of hydrogen-bond acceptors (Lipinski definition) is 6. The fraction of sp³-hybridized carbons (Fsp3) is 0.500. The smallest absolute Gasteiger partial charge is 0.291 e. The molecule has 0 bridgehead atoms. The molecule has 3 heterocycles. The number of likely N-dealkylation sites (N-methyl/N-ethyl adjacent to an activating group) is 1. The van der Waals surface area contributed by atoms with Crippen LogP contribution >= 0.6 is 0 Å². The van der Waals surface area contributed by atoms with Gasteiger partial charge in [0.2, 0.25) is 5.76 Å². The molecule has 2 aromatic rings. The molecule has 1 aliphatic heterocycles. The molecule has 7 heteroatoms. The minimum absolute atomic E-state index is 0.0897. The number of likely N-dealkylation sites (tertiary alicyclic amines) is 1. The first-order valence-electron chi connectivity index (χ1n) is 7.79. The molecule has 3 rings (SSSR count). The van der Waals surface area contributed by atoms with Gasteiger partial charge in [-0.1, -0.05) is 0 Å². The normalized spacial score (nSPS) is 18.0. The van der Waals surface area contributed by atoms with Crippen molar-refractivity contribution in [3.05, 3.63) is 35.7 Å². The van der Waals surface area contributed by atoms with Crippen LogP contribution in [0, 0.1) is 13.8 Å². The van der Waals surface area contributed by atoms with Crippen LogP contribution in [-0.4, -0.2) is 52.2 Å². The van der Waals surface area contributed by atoms with E-state index in [1.807, 2.05) is 31.0 Å². The Hall–Kier alpha value is -2.44. The van der Waals surface area contributed by atoms with Gasteiger partial charge >= 0.3 is 0 Å². The van der Waals surface area contributed by atoms with E-state index in [4.69, 9.17) is 4.42 Å². The highest BCUT2D eigenvalue weighted by molar-refractivity contribution is 5.92. The summed E-state index contributed by atoms with van der Waals surface area (Å²) in [6.45, 7) is 5.08. The predicted octanol–water partition coefficient (Wildman–Crippen LogP) is 1.82. The summed E-state index contributed by atoms with van der Waals surface area (Å²) < 4.78 is 5.23. The summed E-state index contributed by atoms with van der Waals surface area (Å²) in [5.74, 6) is 1.07. The van der Waals surface area contributed by atoms with E-state index in [0.29, 0.717) is 18.0 Å². The first-order chi connectivity index (χ1) is 11.1. The number of rotatable bonds is 3. The van der Waals surface area contributed by atoms with Crippen LogP contribution in [0.2, 0.25) is 0 Å². The lowest BCUT2D eigenvalue weighted by Crippen LogP contribution is -2.49. The highest BCUT2D eigenvalue weighted by Gasteiger charge is 2.29. The van der Waals surface area contributed by atoms with Crippen molar-refractivity contribution < 1.29 is 9.21 Å². The Morgan fingerprint density at radius 2 is 2.17 bits per heavy atom. The number of carbonyl (C=O) groups excluding carboxylic acids is 1. The second-order valence-corrected chi connectivity index (χ2v) is 5.96. The van der Waals surface area contributed by atoms with Gasteiger partial charge in [-0.25, -0.2) is 4.98 Å². The second-order valence-electron chi connectivity index (χ2n) is 5.96. The summed E-state index contributed by atoms with van der Waals surface area (Å²) in [4.78, 5) is 20.5. The summed E-state index contributed by atoms with van der Waals surface area (Å²) >= 11 is 0. The zero-order valence-electron chi connectivity index (χ0n) is 13.7. The average molecular weight is 315 g/mol. The molecule has 122 valence electrons. The van der Waals surface area contributed by atoms with Gasteiger partial charge in [0.25, 0.3) is 5.91 Å². The highest BCUT2D eigenvalue weighted by Crippen LogP contribution is 2.21. The molecule has 1 fully saturated rings. The van der Waals surface area contributed by atoms with E-state index in [1.54, 1.807) is 6.92 Å². The van der Waals surface area contributed by atoms with Crippen molar-refractivity contribution in [2.75, 3.05) is 25.0 Å².